The standard InChI is InChI=1S/C28H28F3N3O5S/c29-28(30,31)39-19-11-13-20(14-12-19)40(36,32-15-18-9-10-18)33-21-16-37-17-24(27(21)35)34-22-5-1-3-7-25(22)38-26-8-4-2-6-23(26)34/h1-8,11-14,18,21,24,27,35H,9-10,15-17H2,(H,32,33,36)/t21-,24-,27-,40?/m0/s1. The topological polar surface area (TPSA) is 92.6 Å². The average molecular weight is 576 g/mol. The van der Waals surface area contributed by atoms with Crippen LogP contribution in [0.1, 0.15) is 12.8 Å². The van der Waals surface area contributed by atoms with Crippen molar-refractivity contribution in [1.29, 1.82) is 0 Å². The van der Waals surface area contributed by atoms with Gasteiger partial charge in [0.1, 0.15) is 15.7 Å². The van der Waals surface area contributed by atoms with Crippen molar-refractivity contribution in [3.8, 4) is 17.2 Å². The SMILES string of the molecule is O=S(=NCC1CC1)(N[C@H]1COC[C@H](N2c3ccccc3Oc3ccccc32)[C@H]1O)c1ccc(OC(F)(F)F)cc1. The van der Waals surface area contributed by atoms with Crippen LogP contribution < -0.4 is 19.1 Å². The Hall–Kier alpha value is -3.32. The first kappa shape index (κ1) is 26.9. The molecule has 212 valence electrons. The Morgan fingerprint density at radius 3 is 2.20 bits per heavy atom. The van der Waals surface area contributed by atoms with Crippen LogP contribution in [0.25, 0.3) is 0 Å². The van der Waals surface area contributed by atoms with E-state index in [4.69, 9.17) is 9.47 Å². The summed E-state index contributed by atoms with van der Waals surface area (Å²) in [5.74, 6) is 1.16. The molecule has 4 atom stereocenters. The molecule has 1 saturated heterocycles. The summed E-state index contributed by atoms with van der Waals surface area (Å²) in [6, 6.07) is 18.4. The number of nitrogens with zero attached hydrogens (tertiary/aromatic N) is 2. The molecule has 40 heavy (non-hydrogen) atoms. The lowest BCUT2D eigenvalue weighted by atomic mass is 9.98. The molecule has 1 aliphatic carbocycles. The second kappa shape index (κ2) is 10.6. The van der Waals surface area contributed by atoms with Crippen molar-refractivity contribution >= 4 is 21.3 Å². The maximum Gasteiger partial charge on any atom is 0.573 e. The number of rotatable bonds is 7. The lowest BCUT2D eigenvalue weighted by Crippen LogP contribution is -2.60. The Morgan fingerprint density at radius 2 is 1.60 bits per heavy atom. The number of anilines is 2. The molecule has 0 amide bonds. The molecular weight excluding hydrogens is 547 g/mol. The molecule has 1 unspecified atom stereocenters. The quantitative estimate of drug-likeness (QED) is 0.392. The maximum atomic E-state index is 14.3. The van der Waals surface area contributed by atoms with Crippen molar-refractivity contribution < 1.29 is 36.7 Å². The van der Waals surface area contributed by atoms with Gasteiger partial charge in [0.15, 0.2) is 11.5 Å². The van der Waals surface area contributed by atoms with E-state index < -0.39 is 40.2 Å². The molecule has 3 aromatic carbocycles. The molecule has 2 heterocycles. The number of para-hydroxylation sites is 4. The minimum atomic E-state index is -4.84. The van der Waals surface area contributed by atoms with E-state index in [-0.39, 0.29) is 18.1 Å². The van der Waals surface area contributed by atoms with Gasteiger partial charge in [-0.3, -0.25) is 0 Å². The molecule has 0 radical (unpaired) electrons. The first-order chi connectivity index (χ1) is 19.2. The molecule has 2 N–H and O–H groups in total. The molecule has 0 aromatic heterocycles. The van der Waals surface area contributed by atoms with Crippen LogP contribution in [0.2, 0.25) is 0 Å². The Labute approximate surface area is 230 Å². The van der Waals surface area contributed by atoms with Crippen molar-refractivity contribution in [3.05, 3.63) is 72.8 Å². The monoisotopic (exact) mass is 575 g/mol. The van der Waals surface area contributed by atoms with Gasteiger partial charge in [0.05, 0.1) is 54.2 Å². The average Bonchev–Trinajstić information content (AvgIpc) is 3.76. The summed E-state index contributed by atoms with van der Waals surface area (Å²) in [4.78, 5) is 2.16. The van der Waals surface area contributed by atoms with Gasteiger partial charge in [0, 0.05) is 0 Å². The zero-order valence-electron chi connectivity index (χ0n) is 21.3. The molecule has 1 saturated carbocycles. The zero-order chi connectivity index (χ0) is 27.9. The molecule has 12 heteroatoms. The summed E-state index contributed by atoms with van der Waals surface area (Å²) < 4.78 is 75.7. The number of hydrogen-bond donors (Lipinski definition) is 2. The van der Waals surface area contributed by atoms with Gasteiger partial charge in [-0.1, -0.05) is 24.3 Å². The lowest BCUT2D eigenvalue weighted by Gasteiger charge is -2.44. The van der Waals surface area contributed by atoms with Crippen molar-refractivity contribution in [1.82, 2.24) is 4.72 Å². The summed E-state index contributed by atoms with van der Waals surface area (Å²) in [5, 5.41) is 11.7. The summed E-state index contributed by atoms with van der Waals surface area (Å²) in [7, 11) is -3.34. The van der Waals surface area contributed by atoms with Crippen LogP contribution >= 0.6 is 0 Å². The minimum Gasteiger partial charge on any atom is -0.453 e. The van der Waals surface area contributed by atoms with Crippen LogP contribution in [0.15, 0.2) is 82.1 Å². The number of hydrogen-bond acceptors (Lipinski definition) is 7. The van der Waals surface area contributed by atoms with Gasteiger partial charge in [-0.25, -0.2) is 13.3 Å². The number of halogens is 3. The number of ether oxygens (including phenoxy) is 3. The smallest absolute Gasteiger partial charge is 0.453 e. The fourth-order valence-corrected chi connectivity index (χ4v) is 6.83. The van der Waals surface area contributed by atoms with Gasteiger partial charge in [0.25, 0.3) is 0 Å². The first-order valence-electron chi connectivity index (χ1n) is 13.0. The second-order valence-corrected chi connectivity index (χ2v) is 12.0. The van der Waals surface area contributed by atoms with Crippen LogP contribution in [0.3, 0.4) is 0 Å². The van der Waals surface area contributed by atoms with Crippen LogP contribution in [0, 0.1) is 5.92 Å². The van der Waals surface area contributed by atoms with E-state index >= 15 is 0 Å². The highest BCUT2D eigenvalue weighted by atomic mass is 32.2. The normalized spacial score (nSPS) is 23.8. The molecule has 8 nitrogen and oxygen atoms in total. The van der Waals surface area contributed by atoms with Crippen molar-refractivity contribution in [3.63, 3.8) is 0 Å². The molecule has 0 spiro atoms. The van der Waals surface area contributed by atoms with Gasteiger partial charge in [-0.15, -0.1) is 13.2 Å². The van der Waals surface area contributed by atoms with Crippen molar-refractivity contribution in [2.75, 3.05) is 24.7 Å². The molecule has 2 fully saturated rings. The highest BCUT2D eigenvalue weighted by molar-refractivity contribution is 7.91. The number of fused-ring (bicyclic) bond motifs is 2. The van der Waals surface area contributed by atoms with Gasteiger partial charge in [-0.2, -0.15) is 0 Å². The Bertz CT molecular complexity index is 1440. The highest BCUT2D eigenvalue weighted by Crippen LogP contribution is 2.48. The summed E-state index contributed by atoms with van der Waals surface area (Å²) in [6.07, 6.45) is -3.93. The number of aliphatic hydroxyl groups is 1. The van der Waals surface area contributed by atoms with Crippen molar-refractivity contribution in [2.24, 2.45) is 10.3 Å². The maximum absolute atomic E-state index is 14.3. The number of alkyl halides is 3. The fourth-order valence-electron chi connectivity index (χ4n) is 4.92. The summed E-state index contributed by atoms with van der Waals surface area (Å²) in [6.45, 7) is 0.604. The van der Waals surface area contributed by atoms with E-state index in [0.717, 1.165) is 36.3 Å². The largest absolute Gasteiger partial charge is 0.573 e. The Morgan fingerprint density at radius 1 is 0.975 bits per heavy atom. The number of benzene rings is 3. The zero-order valence-corrected chi connectivity index (χ0v) is 22.1. The van der Waals surface area contributed by atoms with Crippen LogP contribution in [-0.4, -0.2) is 53.6 Å². The second-order valence-electron chi connectivity index (χ2n) is 10.0. The summed E-state index contributed by atoms with van der Waals surface area (Å²) >= 11 is 0. The van der Waals surface area contributed by atoms with Crippen LogP contribution in [-0.2, 0) is 14.7 Å². The van der Waals surface area contributed by atoms with E-state index in [0.29, 0.717) is 24.0 Å². The molecular formula is C28H28F3N3O5S. The highest BCUT2D eigenvalue weighted by Gasteiger charge is 2.42. The third-order valence-corrected chi connectivity index (χ3v) is 9.14. The van der Waals surface area contributed by atoms with Gasteiger partial charge in [-0.05, 0) is 67.3 Å². The third kappa shape index (κ3) is 5.62. The van der Waals surface area contributed by atoms with E-state index in [1.54, 1.807) is 0 Å². The minimum absolute atomic E-state index is 0.0660. The number of nitrogens with one attached hydrogen (secondary N) is 1. The van der Waals surface area contributed by atoms with Gasteiger partial charge in [0.2, 0.25) is 0 Å². The van der Waals surface area contributed by atoms with Gasteiger partial charge < -0.3 is 24.2 Å². The van der Waals surface area contributed by atoms with E-state index in [2.05, 4.69) is 13.8 Å². The van der Waals surface area contributed by atoms with E-state index in [9.17, 15) is 22.5 Å². The predicted molar refractivity (Wildman–Crippen MR) is 142 cm³/mol. The third-order valence-electron chi connectivity index (χ3n) is 7.09. The van der Waals surface area contributed by atoms with Crippen molar-refractivity contribution in [2.45, 2.75) is 42.3 Å². The van der Waals surface area contributed by atoms with E-state index in [1.165, 1.54) is 12.1 Å². The van der Waals surface area contributed by atoms with Gasteiger partial charge >= 0.3 is 6.36 Å². The molecule has 3 aliphatic rings. The molecule has 3 aromatic rings. The Balaban J connectivity index is 1.30. The molecule has 6 rings (SSSR count). The molecule has 2 aliphatic heterocycles. The van der Waals surface area contributed by atoms with E-state index in [1.807, 2.05) is 53.4 Å². The summed E-state index contributed by atoms with van der Waals surface area (Å²) in [5.41, 5.74) is 1.52. The number of aliphatic hydroxyl groups excluding tert-OH is 1. The lowest BCUT2D eigenvalue weighted by molar-refractivity contribution is -0.274. The van der Waals surface area contributed by atoms with Crippen LogP contribution in [0.5, 0.6) is 17.2 Å². The van der Waals surface area contributed by atoms with Crippen LogP contribution in [0.4, 0.5) is 24.5 Å². The fraction of sp³-hybridized carbons (Fsp3) is 0.357. The molecule has 0 bridgehead atoms. The first-order valence-corrected chi connectivity index (χ1v) is 14.5. The Kier molecular flexibility index (Phi) is 7.11. The predicted octanol–water partition coefficient (Wildman–Crippen LogP) is 5.40.